The van der Waals surface area contributed by atoms with Gasteiger partial charge in [0, 0.05) is 26.4 Å². The van der Waals surface area contributed by atoms with E-state index in [0.717, 1.165) is 26.4 Å². The molecule has 0 aliphatic carbocycles. The van der Waals surface area contributed by atoms with Gasteiger partial charge < -0.3 is 54.2 Å². The summed E-state index contributed by atoms with van der Waals surface area (Å²) in [5.74, 6) is 0. The Hall–Kier alpha value is 3.86. The van der Waals surface area contributed by atoms with E-state index in [1.807, 2.05) is 0 Å². The van der Waals surface area contributed by atoms with Gasteiger partial charge in [0.2, 0.25) is 0 Å². The molecule has 0 aromatic rings. The van der Waals surface area contributed by atoms with E-state index in [9.17, 15) is 0 Å². The van der Waals surface area contributed by atoms with E-state index in [1.54, 1.807) is 0 Å². The molecular weight excluding hydrogens is 970 g/mol. The molecule has 2 heterocycles. The third kappa shape index (κ3) is 33.7. The number of hydrogen-bond donors (Lipinski definition) is 0. The van der Waals surface area contributed by atoms with Gasteiger partial charge in [-0.2, -0.15) is 0 Å². The maximum absolute atomic E-state index is 5.10. The van der Waals surface area contributed by atoms with Crippen molar-refractivity contribution in [2.24, 2.45) is 0 Å². The fraction of sp³-hybridized carbons (Fsp3) is 1.00. The van der Waals surface area contributed by atoms with E-state index in [-0.39, 0.29) is 127 Å². The molecule has 2 aliphatic heterocycles. The minimum absolute atomic E-state index is 0. The molecule has 0 amide bonds. The van der Waals surface area contributed by atoms with Gasteiger partial charge in [-0.15, -0.1) is 22.2 Å². The second-order valence-electron chi connectivity index (χ2n) is 18.0. The summed E-state index contributed by atoms with van der Waals surface area (Å²) in [7, 11) is -6.32. The van der Waals surface area contributed by atoms with Gasteiger partial charge in [-0.3, -0.25) is 0 Å². The van der Waals surface area contributed by atoms with Crippen LogP contribution < -0.4 is 24.8 Å². The zero-order valence-corrected chi connectivity index (χ0v) is 43.8. The molecule has 2 aliphatic rings. The summed E-state index contributed by atoms with van der Waals surface area (Å²) >= 11 is 0. The van der Waals surface area contributed by atoms with Gasteiger partial charge in [-0.25, -0.2) is 0 Å². The molecule has 0 saturated carbocycles. The van der Waals surface area contributed by atoms with Crippen molar-refractivity contribution in [3.8, 4) is 0 Å². The molecule has 0 N–H and O–H groups in total. The monoisotopic (exact) mass is 1050 g/mol. The second-order valence-corrected chi connectivity index (χ2v) is 46.1. The van der Waals surface area contributed by atoms with Crippen LogP contribution >= 0.6 is 0 Å². The number of hydrogen-bond acceptors (Lipinski definition) is 2. The van der Waals surface area contributed by atoms with Crippen LogP contribution in [0.4, 0.5) is 0 Å². The van der Waals surface area contributed by atoms with Crippen molar-refractivity contribution < 1.29 is 114 Å². The van der Waals surface area contributed by atoms with Crippen LogP contribution in [0.25, 0.3) is 19.9 Å². The Balaban J connectivity index is -0.000000124. The normalized spacial score (nSPS) is 15.9. The minimum Gasteiger partial charge on any atom is -1.00 e. The van der Waals surface area contributed by atoms with Crippen LogP contribution in [-0.4, -0.2) is 79.6 Å². The molecule has 0 unspecified atom stereocenters. The molecule has 2 fully saturated rings. The van der Waals surface area contributed by atoms with Gasteiger partial charge in [-0.1, -0.05) is 166 Å². The number of ether oxygens (including phenoxy) is 2. The summed E-state index contributed by atoms with van der Waals surface area (Å²) in [5, 5.41) is 0. The van der Waals surface area contributed by atoms with Crippen molar-refractivity contribution in [1.29, 1.82) is 0 Å². The van der Waals surface area contributed by atoms with Crippen molar-refractivity contribution in [2.45, 2.75) is 183 Å². The average Bonchev–Trinajstić information content (AvgIpc) is 3.40. The van der Waals surface area contributed by atoms with Gasteiger partial charge >= 0.3 is 79.9 Å². The maximum atomic E-state index is 5.10. The third-order valence-electron chi connectivity index (χ3n) is 7.11. The molecule has 0 bridgehead atoms. The summed E-state index contributed by atoms with van der Waals surface area (Å²) in [6.45, 7) is 49.4. The molecular formula is C32H76Cl2Gd2N4O2Si4. The summed E-state index contributed by atoms with van der Waals surface area (Å²) < 4.78 is 9.89. The van der Waals surface area contributed by atoms with Gasteiger partial charge in [0.25, 0.3) is 0 Å². The molecule has 0 aromatic carbocycles. The predicted molar refractivity (Wildman–Crippen MR) is 202 cm³/mol. The molecule has 282 valence electrons. The van der Waals surface area contributed by atoms with Crippen molar-refractivity contribution >= 4 is 31.0 Å². The Morgan fingerprint density at radius 3 is 0.543 bits per heavy atom. The van der Waals surface area contributed by atoms with Crippen LogP contribution in [0.5, 0.6) is 0 Å². The molecule has 0 spiro atoms. The smallest absolute Gasteiger partial charge is 1.00 e. The first-order valence-corrected chi connectivity index (χ1v) is 30.2. The first-order chi connectivity index (χ1) is 18.3. The van der Waals surface area contributed by atoms with E-state index in [1.165, 1.54) is 25.7 Å². The van der Waals surface area contributed by atoms with Crippen LogP contribution in [0.3, 0.4) is 0 Å². The van der Waals surface area contributed by atoms with Crippen molar-refractivity contribution in [3.63, 3.8) is 0 Å². The molecule has 2 rings (SSSR count). The standard InChI is InChI=1S/2C12H30N2Si2.2C4H8O.2ClH.2Gd/c2*1-11(2,3)13-15(7,8)16(9,10)14-12(4,5)6;2*1-2-4-5-3-1;;;;/h2*1-10H3;2*1-4H2;2*1H;;/q2*-2;;;;;2*+3/p-2. The average molecular weight is 1050 g/mol. The molecule has 0 aromatic heterocycles. The minimum atomic E-state index is -1.58. The Labute approximate surface area is 370 Å². The first kappa shape index (κ1) is 61.9. The largest absolute Gasteiger partial charge is 3.00 e. The third-order valence-corrected chi connectivity index (χ3v) is 37.3. The van der Waals surface area contributed by atoms with Crippen LogP contribution in [0.2, 0.25) is 52.4 Å². The maximum Gasteiger partial charge on any atom is 3.00 e. The Bertz CT molecular complexity index is 619. The molecule has 14 heteroatoms. The summed E-state index contributed by atoms with van der Waals surface area (Å²) in [6.07, 6.45) is 5.11. The molecule has 6 nitrogen and oxygen atoms in total. The summed E-state index contributed by atoms with van der Waals surface area (Å²) in [4.78, 5) is 20.4. The second kappa shape index (κ2) is 25.8. The number of halogens is 2. The van der Waals surface area contributed by atoms with Gasteiger partial charge in [0.15, 0.2) is 0 Å². The van der Waals surface area contributed by atoms with E-state index in [0.29, 0.717) is 0 Å². The molecule has 46 heavy (non-hydrogen) atoms. The summed E-state index contributed by atoms with van der Waals surface area (Å²) in [5.41, 5.74) is 0.307. The van der Waals surface area contributed by atoms with Gasteiger partial charge in [-0.05, 0) is 25.7 Å². The van der Waals surface area contributed by atoms with Crippen LogP contribution in [0, 0.1) is 79.9 Å². The predicted octanol–water partition coefficient (Wildman–Crippen LogP) is 5.24. The van der Waals surface area contributed by atoms with Crippen LogP contribution in [0.1, 0.15) is 109 Å². The molecule has 0 atom stereocenters. The van der Waals surface area contributed by atoms with Crippen molar-refractivity contribution in [2.75, 3.05) is 26.4 Å². The quantitative estimate of drug-likeness (QED) is 0.342. The first-order valence-electron chi connectivity index (χ1n) is 16.4. The van der Waals surface area contributed by atoms with E-state index >= 15 is 0 Å². The molecule has 2 radical (unpaired) electrons. The molecule has 2 saturated heterocycles. The van der Waals surface area contributed by atoms with Crippen LogP contribution in [0.15, 0.2) is 0 Å². The van der Waals surface area contributed by atoms with Gasteiger partial charge in [0.1, 0.15) is 0 Å². The Kier molecular flexibility index (Phi) is 34.7. The van der Waals surface area contributed by atoms with Crippen LogP contribution in [-0.2, 0) is 9.47 Å². The fourth-order valence-electron chi connectivity index (χ4n) is 4.92. The van der Waals surface area contributed by atoms with E-state index < -0.39 is 31.0 Å². The fourth-order valence-corrected chi connectivity index (χ4v) is 20.0. The Morgan fingerprint density at radius 1 is 0.348 bits per heavy atom. The van der Waals surface area contributed by atoms with Crippen molar-refractivity contribution in [3.05, 3.63) is 19.9 Å². The van der Waals surface area contributed by atoms with E-state index in [2.05, 4.69) is 135 Å². The van der Waals surface area contributed by atoms with Gasteiger partial charge in [0.05, 0.1) is 0 Å². The Morgan fingerprint density at radius 2 is 0.478 bits per heavy atom. The topological polar surface area (TPSA) is 74.9 Å². The van der Waals surface area contributed by atoms with Crippen molar-refractivity contribution in [1.82, 2.24) is 0 Å². The zero-order valence-electron chi connectivity index (χ0n) is 33.7. The zero-order chi connectivity index (χ0) is 33.9. The SMILES string of the molecule is C1CCOC1.C1CCOC1.CC(C)(C)[N-][Si](C)(C)[Si](C)(C)[N-]C(C)(C)C.CC(C)(C)[N-][Si](C)(C)[Si](C)(C)[N-]C(C)(C)C.[Cl-].[Cl-].[Gd+3].[Gd+3]. The number of rotatable bonds is 6. The van der Waals surface area contributed by atoms with E-state index in [4.69, 9.17) is 29.4 Å². The number of nitrogens with zero attached hydrogens (tertiary/aromatic N) is 4. The summed E-state index contributed by atoms with van der Waals surface area (Å²) in [6, 6.07) is 0.